The number of nitrogens with zero attached hydrogens (tertiary/aromatic N) is 1. The lowest BCUT2D eigenvalue weighted by Crippen LogP contribution is -2.41. The molecule has 0 radical (unpaired) electrons. The second-order valence-corrected chi connectivity index (χ2v) is 7.55. The van der Waals surface area contributed by atoms with Crippen LogP contribution in [0.2, 0.25) is 5.02 Å². The number of nitrogens with one attached hydrogen (secondary N) is 1. The molecule has 1 aliphatic heterocycles. The smallest absolute Gasteiger partial charge is 0.224 e. The summed E-state index contributed by atoms with van der Waals surface area (Å²) in [6, 6.07) is 14.1. The molecule has 1 aliphatic rings. The Morgan fingerprint density at radius 3 is 2.93 bits per heavy atom. The molecule has 2 heterocycles. The van der Waals surface area contributed by atoms with Gasteiger partial charge in [0.05, 0.1) is 31.2 Å². The van der Waals surface area contributed by atoms with E-state index in [-0.39, 0.29) is 29.3 Å². The van der Waals surface area contributed by atoms with Crippen molar-refractivity contribution in [2.75, 3.05) is 13.2 Å². The van der Waals surface area contributed by atoms with Gasteiger partial charge in [-0.15, -0.1) is 0 Å². The van der Waals surface area contributed by atoms with Crippen molar-refractivity contribution in [1.29, 1.82) is 0 Å². The van der Waals surface area contributed by atoms with Crippen LogP contribution >= 0.6 is 11.6 Å². The molecule has 1 saturated heterocycles. The zero-order valence-electron chi connectivity index (χ0n) is 15.2. The minimum atomic E-state index is -0.443. The maximum absolute atomic E-state index is 13.5. The number of halogens is 2. The first-order valence-corrected chi connectivity index (χ1v) is 9.61. The summed E-state index contributed by atoms with van der Waals surface area (Å²) in [6.45, 7) is 1.07. The predicted octanol–water partition coefficient (Wildman–Crippen LogP) is 3.94. The molecule has 0 unspecified atom stereocenters. The molecule has 1 aromatic heterocycles. The van der Waals surface area contributed by atoms with Crippen LogP contribution in [0.1, 0.15) is 11.1 Å². The van der Waals surface area contributed by atoms with Crippen molar-refractivity contribution in [2.24, 2.45) is 5.92 Å². The highest BCUT2D eigenvalue weighted by atomic mass is 35.5. The van der Waals surface area contributed by atoms with Gasteiger partial charge in [0.25, 0.3) is 0 Å². The van der Waals surface area contributed by atoms with Crippen LogP contribution in [0.4, 0.5) is 4.39 Å². The summed E-state index contributed by atoms with van der Waals surface area (Å²) in [6.07, 6.45) is 2.69. The van der Waals surface area contributed by atoms with Gasteiger partial charge >= 0.3 is 0 Å². The topological polar surface area (TPSA) is 51.2 Å². The highest BCUT2D eigenvalue weighted by molar-refractivity contribution is 6.30. The van der Waals surface area contributed by atoms with E-state index >= 15 is 0 Å². The summed E-state index contributed by atoms with van der Waals surface area (Å²) in [7, 11) is 0. The van der Waals surface area contributed by atoms with Crippen molar-refractivity contribution in [2.45, 2.75) is 18.9 Å². The zero-order valence-corrected chi connectivity index (χ0v) is 16.0. The maximum atomic E-state index is 13.5. The van der Waals surface area contributed by atoms with Gasteiger partial charge < -0.3 is 10.1 Å². The summed E-state index contributed by atoms with van der Waals surface area (Å²) in [5.41, 5.74) is 2.71. The maximum Gasteiger partial charge on any atom is 0.224 e. The minimum Gasteiger partial charge on any atom is -0.379 e. The highest BCUT2D eigenvalue weighted by Gasteiger charge is 2.30. The normalized spacial score (nSPS) is 19.1. The lowest BCUT2D eigenvalue weighted by Gasteiger charge is -2.20. The summed E-state index contributed by atoms with van der Waals surface area (Å²) in [5, 5.41) is 4.45. The Bertz CT molecular complexity index is 985. The van der Waals surface area contributed by atoms with Gasteiger partial charge in [-0.25, -0.2) is 4.39 Å². The Labute approximate surface area is 167 Å². The predicted molar refractivity (Wildman–Crippen MR) is 107 cm³/mol. The van der Waals surface area contributed by atoms with Gasteiger partial charge in [0.2, 0.25) is 5.91 Å². The minimum absolute atomic E-state index is 0.0801. The van der Waals surface area contributed by atoms with Gasteiger partial charge in [0, 0.05) is 22.5 Å². The van der Waals surface area contributed by atoms with E-state index in [1.54, 1.807) is 6.07 Å². The quantitative estimate of drug-likeness (QED) is 0.708. The molecule has 0 spiro atoms. The molecule has 4 nitrogen and oxygen atoms in total. The summed E-state index contributed by atoms with van der Waals surface area (Å²) in [4.78, 5) is 16.9. The van der Waals surface area contributed by atoms with Crippen molar-refractivity contribution >= 4 is 28.4 Å². The molecule has 1 N–H and O–H groups in total. The first-order chi connectivity index (χ1) is 13.6. The third-order valence-electron chi connectivity index (χ3n) is 5.05. The van der Waals surface area contributed by atoms with Gasteiger partial charge in [-0.1, -0.05) is 29.8 Å². The number of amides is 1. The standard InChI is InChI=1S/C22H20ClFN2O2/c23-17-7-14(8-18(24)11-17)9-22(27)26-21-13-28-12-16(21)10-15-5-6-25-20-4-2-1-3-19(15)20/h1-8,11,16,21H,9-10,12-13H2,(H,26,27)/t16-,21+/m1/s1. The number of benzene rings is 2. The number of hydrogen-bond donors (Lipinski definition) is 1. The van der Waals surface area contributed by atoms with E-state index in [2.05, 4.69) is 16.4 Å². The van der Waals surface area contributed by atoms with Crippen LogP contribution in [0.5, 0.6) is 0 Å². The van der Waals surface area contributed by atoms with Crippen LogP contribution in [0.15, 0.2) is 54.7 Å². The number of rotatable bonds is 5. The second kappa shape index (κ2) is 8.25. The van der Waals surface area contributed by atoms with Crippen LogP contribution in [-0.4, -0.2) is 30.1 Å². The van der Waals surface area contributed by atoms with Crippen LogP contribution in [0.3, 0.4) is 0 Å². The molecule has 0 bridgehead atoms. The molecule has 3 aromatic rings. The van der Waals surface area contributed by atoms with Crippen LogP contribution in [-0.2, 0) is 22.4 Å². The van der Waals surface area contributed by atoms with E-state index in [9.17, 15) is 9.18 Å². The molecule has 28 heavy (non-hydrogen) atoms. The largest absolute Gasteiger partial charge is 0.379 e. The van der Waals surface area contributed by atoms with E-state index in [0.29, 0.717) is 18.8 Å². The van der Waals surface area contributed by atoms with Gasteiger partial charge in [-0.3, -0.25) is 9.78 Å². The first-order valence-electron chi connectivity index (χ1n) is 9.23. The molecular weight excluding hydrogens is 379 g/mol. The fourth-order valence-corrected chi connectivity index (χ4v) is 3.98. The number of ether oxygens (including phenoxy) is 1. The molecule has 2 atom stereocenters. The van der Waals surface area contributed by atoms with E-state index in [1.165, 1.54) is 17.7 Å². The molecular formula is C22H20ClFN2O2. The Morgan fingerprint density at radius 1 is 1.21 bits per heavy atom. The van der Waals surface area contributed by atoms with Crippen molar-refractivity contribution in [3.05, 3.63) is 76.7 Å². The number of hydrogen-bond acceptors (Lipinski definition) is 3. The Morgan fingerprint density at radius 2 is 2.07 bits per heavy atom. The van der Waals surface area contributed by atoms with E-state index < -0.39 is 5.82 Å². The van der Waals surface area contributed by atoms with Crippen molar-refractivity contribution in [1.82, 2.24) is 10.3 Å². The van der Waals surface area contributed by atoms with E-state index in [4.69, 9.17) is 16.3 Å². The SMILES string of the molecule is O=C(Cc1cc(F)cc(Cl)c1)N[C@H]1COC[C@H]1Cc1ccnc2ccccc12. The zero-order chi connectivity index (χ0) is 19.5. The molecule has 1 amide bonds. The third kappa shape index (κ3) is 4.32. The van der Waals surface area contributed by atoms with Gasteiger partial charge in [-0.05, 0) is 47.9 Å². The number of fused-ring (bicyclic) bond motifs is 1. The lowest BCUT2D eigenvalue weighted by molar-refractivity contribution is -0.121. The fraction of sp³-hybridized carbons (Fsp3) is 0.273. The Balaban J connectivity index is 1.44. The monoisotopic (exact) mass is 398 g/mol. The number of pyridine rings is 1. The fourth-order valence-electron chi connectivity index (χ4n) is 3.73. The number of carbonyl (C=O) groups excluding carboxylic acids is 1. The molecule has 0 saturated carbocycles. The molecule has 0 aliphatic carbocycles. The van der Waals surface area contributed by atoms with Crippen molar-refractivity contribution in [3.63, 3.8) is 0 Å². The lowest BCUT2D eigenvalue weighted by atomic mass is 9.93. The molecule has 4 rings (SSSR count). The molecule has 6 heteroatoms. The summed E-state index contributed by atoms with van der Waals surface area (Å²) < 4.78 is 19.1. The summed E-state index contributed by atoms with van der Waals surface area (Å²) in [5.74, 6) is -0.436. The van der Waals surface area contributed by atoms with Crippen LogP contribution < -0.4 is 5.32 Å². The number of carbonyl (C=O) groups is 1. The average molecular weight is 399 g/mol. The molecule has 1 fully saturated rings. The highest BCUT2D eigenvalue weighted by Crippen LogP contribution is 2.24. The average Bonchev–Trinajstić information content (AvgIpc) is 3.07. The van der Waals surface area contributed by atoms with Crippen LogP contribution in [0.25, 0.3) is 10.9 Å². The van der Waals surface area contributed by atoms with E-state index in [1.807, 2.05) is 30.5 Å². The third-order valence-corrected chi connectivity index (χ3v) is 5.27. The Kier molecular flexibility index (Phi) is 5.55. The van der Waals surface area contributed by atoms with Gasteiger partial charge in [-0.2, -0.15) is 0 Å². The van der Waals surface area contributed by atoms with Crippen molar-refractivity contribution in [3.8, 4) is 0 Å². The molecule has 2 aromatic carbocycles. The number of para-hydroxylation sites is 1. The second-order valence-electron chi connectivity index (χ2n) is 7.12. The van der Waals surface area contributed by atoms with Gasteiger partial charge in [0.1, 0.15) is 5.82 Å². The van der Waals surface area contributed by atoms with E-state index in [0.717, 1.165) is 17.3 Å². The van der Waals surface area contributed by atoms with Crippen molar-refractivity contribution < 1.29 is 13.9 Å². The molecule has 144 valence electrons. The first kappa shape index (κ1) is 18.8. The summed E-state index contributed by atoms with van der Waals surface area (Å²) >= 11 is 5.87. The number of aromatic nitrogens is 1. The van der Waals surface area contributed by atoms with Gasteiger partial charge in [0.15, 0.2) is 0 Å². The van der Waals surface area contributed by atoms with Crippen LogP contribution in [0, 0.1) is 11.7 Å². The Hall–Kier alpha value is -2.50.